The molecule has 1 saturated heterocycles. The fraction of sp³-hybridized carbons (Fsp3) is 0.700. The van der Waals surface area contributed by atoms with Crippen LogP contribution in [0.2, 0.25) is 0 Å². The summed E-state index contributed by atoms with van der Waals surface area (Å²) in [5, 5.41) is 11.7. The first-order valence-electron chi connectivity index (χ1n) is 9.77. The van der Waals surface area contributed by atoms with Gasteiger partial charge < -0.3 is 15.6 Å². The first kappa shape index (κ1) is 26.3. The van der Waals surface area contributed by atoms with Gasteiger partial charge in [0.2, 0.25) is 0 Å². The SMILES string of the molecule is CC(c1cccc(OC(F)(F)F)c1)C1(O)CCCCC1N1CCC[C@@H](N)C1.Cl.Cl. The monoisotopic (exact) mass is 458 g/mol. The fourth-order valence-electron chi connectivity index (χ4n) is 4.76. The summed E-state index contributed by atoms with van der Waals surface area (Å²) in [6.07, 6.45) is 0.751. The van der Waals surface area contributed by atoms with Gasteiger partial charge in [-0.1, -0.05) is 31.9 Å². The molecule has 3 rings (SSSR count). The van der Waals surface area contributed by atoms with Gasteiger partial charge in [0.1, 0.15) is 5.75 Å². The van der Waals surface area contributed by atoms with Gasteiger partial charge in [-0.25, -0.2) is 0 Å². The Morgan fingerprint density at radius 3 is 2.59 bits per heavy atom. The third-order valence-electron chi connectivity index (χ3n) is 6.15. The van der Waals surface area contributed by atoms with Gasteiger partial charge in [0, 0.05) is 24.5 Å². The van der Waals surface area contributed by atoms with E-state index in [1.807, 2.05) is 6.92 Å². The number of nitrogens with two attached hydrogens (primary N) is 1. The second kappa shape index (κ2) is 10.5. The van der Waals surface area contributed by atoms with Crippen molar-refractivity contribution in [3.8, 4) is 5.75 Å². The zero-order valence-electron chi connectivity index (χ0n) is 16.5. The molecule has 168 valence electrons. The minimum absolute atomic E-state index is 0. The van der Waals surface area contributed by atoms with Gasteiger partial charge >= 0.3 is 6.36 Å². The maximum atomic E-state index is 12.6. The number of hydrogen-bond donors (Lipinski definition) is 2. The molecule has 2 fully saturated rings. The number of benzene rings is 1. The van der Waals surface area contributed by atoms with E-state index in [2.05, 4.69) is 9.64 Å². The molecule has 0 bridgehead atoms. The van der Waals surface area contributed by atoms with Gasteiger partial charge in [-0.05, 0) is 49.9 Å². The lowest BCUT2D eigenvalue weighted by Crippen LogP contribution is -2.60. The van der Waals surface area contributed by atoms with E-state index < -0.39 is 12.0 Å². The van der Waals surface area contributed by atoms with Crippen LogP contribution < -0.4 is 10.5 Å². The molecule has 0 amide bonds. The molecule has 4 nitrogen and oxygen atoms in total. The van der Waals surface area contributed by atoms with Gasteiger partial charge in [0.25, 0.3) is 0 Å². The van der Waals surface area contributed by atoms with Crippen LogP contribution in [-0.2, 0) is 0 Å². The predicted octanol–water partition coefficient (Wildman–Crippen LogP) is 4.63. The summed E-state index contributed by atoms with van der Waals surface area (Å²) in [5.41, 5.74) is 5.81. The van der Waals surface area contributed by atoms with Crippen LogP contribution >= 0.6 is 24.8 Å². The summed E-state index contributed by atoms with van der Waals surface area (Å²) >= 11 is 0. The lowest BCUT2D eigenvalue weighted by atomic mass is 9.69. The molecule has 29 heavy (non-hydrogen) atoms. The number of rotatable bonds is 4. The Morgan fingerprint density at radius 1 is 1.21 bits per heavy atom. The minimum Gasteiger partial charge on any atom is -0.406 e. The first-order valence-corrected chi connectivity index (χ1v) is 9.77. The molecule has 1 aromatic carbocycles. The van der Waals surface area contributed by atoms with E-state index in [0.29, 0.717) is 12.0 Å². The van der Waals surface area contributed by atoms with Crippen molar-refractivity contribution in [3.05, 3.63) is 29.8 Å². The fourth-order valence-corrected chi connectivity index (χ4v) is 4.76. The van der Waals surface area contributed by atoms with E-state index in [-0.39, 0.29) is 48.6 Å². The standard InChI is InChI=1S/C20H29F3N2O2.2ClH/c1-14(15-6-4-8-17(12-15)27-20(21,22)23)19(26)10-3-2-9-18(19)25-11-5-7-16(24)13-25;;/h4,6,8,12,14,16,18,26H,2-3,5,7,9-11,13,24H2,1H3;2*1H/t14?,16-,18?,19?;;/m1../s1. The molecule has 1 aliphatic carbocycles. The maximum absolute atomic E-state index is 12.6. The molecule has 1 saturated carbocycles. The van der Waals surface area contributed by atoms with Crippen molar-refractivity contribution in [2.45, 2.75) is 75.4 Å². The molecular formula is C20H31Cl2F3N2O2. The second-order valence-corrected chi connectivity index (χ2v) is 7.99. The van der Waals surface area contributed by atoms with Crippen molar-refractivity contribution in [1.29, 1.82) is 0 Å². The van der Waals surface area contributed by atoms with Crippen molar-refractivity contribution in [2.75, 3.05) is 13.1 Å². The van der Waals surface area contributed by atoms with Crippen LogP contribution in [0.3, 0.4) is 0 Å². The number of ether oxygens (including phenoxy) is 1. The lowest BCUT2D eigenvalue weighted by molar-refractivity contribution is -0.274. The molecule has 1 aromatic rings. The summed E-state index contributed by atoms with van der Waals surface area (Å²) in [4.78, 5) is 2.29. The van der Waals surface area contributed by atoms with E-state index in [9.17, 15) is 18.3 Å². The van der Waals surface area contributed by atoms with Crippen LogP contribution in [-0.4, -0.2) is 47.1 Å². The Kier molecular flexibility index (Phi) is 9.55. The summed E-state index contributed by atoms with van der Waals surface area (Å²) in [5.74, 6) is -0.555. The highest BCUT2D eigenvalue weighted by Gasteiger charge is 2.47. The first-order chi connectivity index (χ1) is 12.7. The molecule has 0 spiro atoms. The molecular weight excluding hydrogens is 428 g/mol. The zero-order chi connectivity index (χ0) is 19.7. The van der Waals surface area contributed by atoms with Gasteiger partial charge in [-0.3, -0.25) is 4.90 Å². The zero-order valence-corrected chi connectivity index (χ0v) is 18.2. The van der Waals surface area contributed by atoms with Gasteiger partial charge in [0.15, 0.2) is 0 Å². The minimum atomic E-state index is -4.73. The van der Waals surface area contributed by atoms with Crippen molar-refractivity contribution in [1.82, 2.24) is 4.90 Å². The number of likely N-dealkylation sites (tertiary alicyclic amines) is 1. The van der Waals surface area contributed by atoms with Crippen molar-refractivity contribution in [2.24, 2.45) is 5.73 Å². The Balaban J connectivity index is 0.00000210. The highest BCUT2D eigenvalue weighted by Crippen LogP contribution is 2.43. The molecule has 9 heteroatoms. The maximum Gasteiger partial charge on any atom is 0.573 e. The summed E-state index contributed by atoms with van der Waals surface area (Å²) in [6.45, 7) is 3.57. The average molecular weight is 459 g/mol. The van der Waals surface area contributed by atoms with Crippen LogP contribution in [0.25, 0.3) is 0 Å². The average Bonchev–Trinajstić information content (AvgIpc) is 2.60. The van der Waals surface area contributed by atoms with Crippen LogP contribution in [0.4, 0.5) is 13.2 Å². The Morgan fingerprint density at radius 2 is 1.93 bits per heavy atom. The van der Waals surface area contributed by atoms with Crippen LogP contribution in [0, 0.1) is 0 Å². The molecule has 1 aliphatic heterocycles. The second-order valence-electron chi connectivity index (χ2n) is 7.99. The largest absolute Gasteiger partial charge is 0.573 e. The van der Waals surface area contributed by atoms with Gasteiger partial charge in [-0.15, -0.1) is 38.0 Å². The smallest absolute Gasteiger partial charge is 0.406 e. The number of halogens is 5. The normalized spacial score (nSPS) is 29.3. The van der Waals surface area contributed by atoms with E-state index in [1.54, 1.807) is 12.1 Å². The van der Waals surface area contributed by atoms with E-state index >= 15 is 0 Å². The van der Waals surface area contributed by atoms with Crippen LogP contribution in [0.5, 0.6) is 5.75 Å². The van der Waals surface area contributed by atoms with Crippen molar-refractivity contribution < 1.29 is 23.0 Å². The Bertz CT molecular complexity index is 650. The lowest BCUT2D eigenvalue weighted by Gasteiger charge is -2.50. The Hall–Kier alpha value is -0.730. The number of hydrogen-bond acceptors (Lipinski definition) is 4. The quantitative estimate of drug-likeness (QED) is 0.690. The van der Waals surface area contributed by atoms with Crippen LogP contribution in [0.1, 0.15) is 56.9 Å². The number of alkyl halides is 3. The van der Waals surface area contributed by atoms with Crippen LogP contribution in [0.15, 0.2) is 24.3 Å². The highest BCUT2D eigenvalue weighted by molar-refractivity contribution is 5.85. The van der Waals surface area contributed by atoms with E-state index in [4.69, 9.17) is 5.73 Å². The molecule has 1 heterocycles. The molecule has 3 unspecified atom stereocenters. The van der Waals surface area contributed by atoms with Gasteiger partial charge in [0.05, 0.1) is 5.60 Å². The molecule has 4 atom stereocenters. The summed E-state index contributed by atoms with van der Waals surface area (Å²) in [7, 11) is 0. The predicted molar refractivity (Wildman–Crippen MR) is 112 cm³/mol. The van der Waals surface area contributed by atoms with Crippen molar-refractivity contribution in [3.63, 3.8) is 0 Å². The number of nitrogens with zero attached hydrogens (tertiary/aromatic N) is 1. The van der Waals surface area contributed by atoms with E-state index in [0.717, 1.165) is 45.2 Å². The molecule has 2 aliphatic rings. The van der Waals surface area contributed by atoms with E-state index in [1.165, 1.54) is 12.1 Å². The highest BCUT2D eigenvalue weighted by atomic mass is 35.5. The summed E-state index contributed by atoms with van der Waals surface area (Å²) in [6, 6.07) is 6.08. The number of piperidine rings is 1. The third kappa shape index (κ3) is 6.37. The topological polar surface area (TPSA) is 58.7 Å². The van der Waals surface area contributed by atoms with Crippen molar-refractivity contribution >= 4 is 24.8 Å². The molecule has 3 N–H and O–H groups in total. The number of aliphatic hydroxyl groups is 1. The molecule has 0 aromatic heterocycles. The van der Waals surface area contributed by atoms with Gasteiger partial charge in [-0.2, -0.15) is 0 Å². The Labute approximate surface area is 182 Å². The summed E-state index contributed by atoms with van der Waals surface area (Å²) < 4.78 is 41.7. The molecule has 0 radical (unpaired) electrons. The third-order valence-corrected chi connectivity index (χ3v) is 6.15.